The van der Waals surface area contributed by atoms with Crippen molar-refractivity contribution in [2.75, 3.05) is 32.0 Å². The fourth-order valence-corrected chi connectivity index (χ4v) is 4.71. The van der Waals surface area contributed by atoms with Gasteiger partial charge in [-0.3, -0.25) is 9.59 Å². The van der Waals surface area contributed by atoms with E-state index in [1.807, 2.05) is 39.1 Å². The second-order valence-electron chi connectivity index (χ2n) is 8.45. The average Bonchev–Trinajstić information content (AvgIpc) is 2.64. The number of anilines is 1. The summed E-state index contributed by atoms with van der Waals surface area (Å²) in [6, 6.07) is 6.36. The summed E-state index contributed by atoms with van der Waals surface area (Å²) in [5, 5.41) is 3.00. The van der Waals surface area contributed by atoms with Crippen LogP contribution in [0.4, 0.5) is 5.69 Å². The first-order valence-electron chi connectivity index (χ1n) is 10.4. The Labute approximate surface area is 163 Å². The number of benzene rings is 1. The summed E-state index contributed by atoms with van der Waals surface area (Å²) in [7, 11) is 1.93. The van der Waals surface area contributed by atoms with Gasteiger partial charge in [0.15, 0.2) is 13.1 Å². The van der Waals surface area contributed by atoms with Gasteiger partial charge in [0.25, 0.3) is 11.8 Å². The second-order valence-corrected chi connectivity index (χ2v) is 8.45. The molecule has 0 bridgehead atoms. The molecule has 5 heteroatoms. The van der Waals surface area contributed by atoms with Gasteiger partial charge in [0, 0.05) is 18.3 Å². The van der Waals surface area contributed by atoms with Gasteiger partial charge in [-0.25, -0.2) is 0 Å². The number of hydrogen-bond acceptors (Lipinski definition) is 2. The minimum Gasteiger partial charge on any atom is -0.335 e. The SMILES string of the molecule is Cc1cccc(NC(=O)C[NH+](C)CC(=O)N2CCC[C@@H]3CCCC[C@@H]32)c1C. The molecular weight excluding hydrogens is 338 g/mol. The highest BCUT2D eigenvalue weighted by Crippen LogP contribution is 2.35. The predicted molar refractivity (Wildman–Crippen MR) is 108 cm³/mol. The lowest BCUT2D eigenvalue weighted by Gasteiger charge is -2.44. The molecule has 27 heavy (non-hydrogen) atoms. The van der Waals surface area contributed by atoms with Gasteiger partial charge in [-0.15, -0.1) is 0 Å². The molecular formula is C22H34N3O2+. The third-order valence-electron chi connectivity index (χ3n) is 6.36. The van der Waals surface area contributed by atoms with Gasteiger partial charge in [0.1, 0.15) is 0 Å². The van der Waals surface area contributed by atoms with Crippen molar-refractivity contribution in [3.63, 3.8) is 0 Å². The molecule has 2 aliphatic rings. The Morgan fingerprint density at radius 2 is 1.85 bits per heavy atom. The first-order chi connectivity index (χ1) is 13.0. The van der Waals surface area contributed by atoms with Crippen LogP contribution in [0.15, 0.2) is 18.2 Å². The lowest BCUT2D eigenvalue weighted by atomic mass is 9.78. The van der Waals surface area contributed by atoms with E-state index in [9.17, 15) is 9.59 Å². The standard InChI is InChI=1S/C22H33N3O2/c1-16-8-6-11-19(17(16)2)23-21(26)14-24(3)15-22(27)25-13-7-10-18-9-4-5-12-20(18)25/h6,8,11,18,20H,4-5,7,9-10,12-15H2,1-3H3,(H,23,26)/p+1/t18-,20-/m0/s1. The van der Waals surface area contributed by atoms with Crippen molar-refractivity contribution in [1.29, 1.82) is 0 Å². The summed E-state index contributed by atoms with van der Waals surface area (Å²) in [5.41, 5.74) is 3.12. The van der Waals surface area contributed by atoms with E-state index in [0.717, 1.165) is 41.1 Å². The predicted octanol–water partition coefficient (Wildman–Crippen LogP) is 1.94. The van der Waals surface area contributed by atoms with Crippen molar-refractivity contribution in [3.8, 4) is 0 Å². The van der Waals surface area contributed by atoms with Gasteiger partial charge < -0.3 is 15.1 Å². The third kappa shape index (κ3) is 4.89. The lowest BCUT2D eigenvalue weighted by molar-refractivity contribution is -0.862. The van der Waals surface area contributed by atoms with Crippen LogP contribution in [0.1, 0.15) is 49.7 Å². The van der Waals surface area contributed by atoms with Gasteiger partial charge in [-0.1, -0.05) is 25.0 Å². The number of fused-ring (bicyclic) bond motifs is 1. The van der Waals surface area contributed by atoms with Gasteiger partial charge in [0.2, 0.25) is 0 Å². The topological polar surface area (TPSA) is 53.9 Å². The minimum atomic E-state index is -0.0387. The molecule has 0 aromatic heterocycles. The van der Waals surface area contributed by atoms with E-state index in [-0.39, 0.29) is 11.8 Å². The number of quaternary nitrogens is 1. The van der Waals surface area contributed by atoms with Gasteiger partial charge in [0.05, 0.1) is 7.05 Å². The van der Waals surface area contributed by atoms with Crippen molar-refractivity contribution in [2.24, 2.45) is 5.92 Å². The maximum Gasteiger partial charge on any atom is 0.279 e. The van der Waals surface area contributed by atoms with Crippen LogP contribution >= 0.6 is 0 Å². The van der Waals surface area contributed by atoms with Crippen LogP contribution in [0, 0.1) is 19.8 Å². The Morgan fingerprint density at radius 3 is 2.67 bits per heavy atom. The van der Waals surface area contributed by atoms with Crippen molar-refractivity contribution < 1.29 is 14.5 Å². The fourth-order valence-electron chi connectivity index (χ4n) is 4.71. The van der Waals surface area contributed by atoms with Crippen molar-refractivity contribution in [2.45, 2.75) is 58.4 Å². The number of piperidine rings is 1. The van der Waals surface area contributed by atoms with E-state index < -0.39 is 0 Å². The lowest BCUT2D eigenvalue weighted by Crippen LogP contribution is -3.11. The maximum atomic E-state index is 12.9. The van der Waals surface area contributed by atoms with Crippen LogP contribution in [-0.2, 0) is 9.59 Å². The van der Waals surface area contributed by atoms with E-state index in [1.165, 1.54) is 25.7 Å². The number of likely N-dealkylation sites (N-methyl/N-ethyl adjacent to an activating group) is 1. The van der Waals surface area contributed by atoms with Crippen molar-refractivity contribution in [1.82, 2.24) is 4.90 Å². The van der Waals surface area contributed by atoms with Gasteiger partial charge in [-0.2, -0.15) is 0 Å². The molecule has 5 nitrogen and oxygen atoms in total. The quantitative estimate of drug-likeness (QED) is 0.830. The number of likely N-dealkylation sites (tertiary alicyclic amines) is 1. The van der Waals surface area contributed by atoms with Gasteiger partial charge in [-0.05, 0) is 62.6 Å². The monoisotopic (exact) mass is 372 g/mol. The van der Waals surface area contributed by atoms with Gasteiger partial charge >= 0.3 is 0 Å². The normalized spacial score (nSPS) is 23.4. The van der Waals surface area contributed by atoms with Crippen LogP contribution in [-0.4, -0.2) is 49.4 Å². The van der Waals surface area contributed by atoms with E-state index in [0.29, 0.717) is 25.0 Å². The van der Waals surface area contributed by atoms with E-state index in [2.05, 4.69) is 10.2 Å². The molecule has 2 N–H and O–H groups in total. The molecule has 1 saturated carbocycles. The Morgan fingerprint density at radius 1 is 1.11 bits per heavy atom. The average molecular weight is 373 g/mol. The molecule has 148 valence electrons. The molecule has 0 spiro atoms. The zero-order chi connectivity index (χ0) is 19.4. The van der Waals surface area contributed by atoms with Crippen LogP contribution in [0.2, 0.25) is 0 Å². The summed E-state index contributed by atoms with van der Waals surface area (Å²) in [6.07, 6.45) is 7.38. The second kappa shape index (κ2) is 8.87. The van der Waals surface area contributed by atoms with E-state index >= 15 is 0 Å². The molecule has 3 rings (SSSR count). The summed E-state index contributed by atoms with van der Waals surface area (Å²) in [4.78, 5) is 28.4. The number of aryl methyl sites for hydroxylation is 1. The zero-order valence-electron chi connectivity index (χ0n) is 17.0. The molecule has 1 aliphatic carbocycles. The molecule has 1 unspecified atom stereocenters. The minimum absolute atomic E-state index is 0.0387. The largest absolute Gasteiger partial charge is 0.335 e. The Hall–Kier alpha value is -1.88. The molecule has 1 aromatic rings. The molecule has 2 amide bonds. The summed E-state index contributed by atoms with van der Waals surface area (Å²) in [6.45, 7) is 5.65. The smallest absolute Gasteiger partial charge is 0.279 e. The van der Waals surface area contributed by atoms with Crippen LogP contribution in [0.25, 0.3) is 0 Å². The molecule has 2 fully saturated rings. The first-order valence-corrected chi connectivity index (χ1v) is 10.4. The molecule has 3 atom stereocenters. The number of carbonyl (C=O) groups is 2. The zero-order valence-corrected chi connectivity index (χ0v) is 17.0. The van der Waals surface area contributed by atoms with Crippen LogP contribution < -0.4 is 10.2 Å². The Kier molecular flexibility index (Phi) is 6.53. The fraction of sp³-hybridized carbons (Fsp3) is 0.636. The van der Waals surface area contributed by atoms with Crippen molar-refractivity contribution in [3.05, 3.63) is 29.3 Å². The number of nitrogens with one attached hydrogen (secondary N) is 2. The molecule has 0 radical (unpaired) electrons. The summed E-state index contributed by atoms with van der Waals surface area (Å²) < 4.78 is 0. The maximum absolute atomic E-state index is 12.9. The molecule has 1 aliphatic heterocycles. The molecule has 1 saturated heterocycles. The first kappa shape index (κ1) is 19.9. The van der Waals surface area contributed by atoms with E-state index in [1.54, 1.807) is 0 Å². The number of carbonyl (C=O) groups excluding carboxylic acids is 2. The van der Waals surface area contributed by atoms with E-state index in [4.69, 9.17) is 0 Å². The third-order valence-corrected chi connectivity index (χ3v) is 6.36. The van der Waals surface area contributed by atoms with Crippen LogP contribution in [0.3, 0.4) is 0 Å². The Balaban J connectivity index is 1.52. The highest BCUT2D eigenvalue weighted by molar-refractivity contribution is 5.92. The molecule has 1 aromatic carbocycles. The number of hydrogen-bond donors (Lipinski definition) is 2. The van der Waals surface area contributed by atoms with Crippen LogP contribution in [0.5, 0.6) is 0 Å². The molecule has 1 heterocycles. The summed E-state index contributed by atoms with van der Waals surface area (Å²) >= 11 is 0. The number of rotatable bonds is 5. The summed E-state index contributed by atoms with van der Waals surface area (Å²) in [5.74, 6) is 0.871. The highest BCUT2D eigenvalue weighted by Gasteiger charge is 2.36. The van der Waals surface area contributed by atoms with Crippen molar-refractivity contribution >= 4 is 17.5 Å². The Bertz CT molecular complexity index is 686. The number of nitrogens with zero attached hydrogens (tertiary/aromatic N) is 1. The highest BCUT2D eigenvalue weighted by atomic mass is 16.2. The number of amides is 2.